The Kier molecular flexibility index (Phi) is 9.82. The Balaban J connectivity index is 0.00000441. The maximum Gasteiger partial charge on any atom is 2.00 e. The monoisotopic (exact) mass is 907 g/mol. The van der Waals surface area contributed by atoms with Crippen molar-refractivity contribution >= 4 is 21.8 Å². The number of rotatable bonds is 7. The minimum absolute atomic E-state index is 0. The van der Waals surface area contributed by atoms with E-state index < -0.39 is 0 Å². The van der Waals surface area contributed by atoms with Gasteiger partial charge in [-0.25, -0.2) is 4.98 Å². The fraction of sp³-hybridized carbons (Fsp3) is 0.120. The summed E-state index contributed by atoms with van der Waals surface area (Å²) in [5.41, 5.74) is 16.7. The number of pyridine rings is 1. The minimum Gasteiger partial charge on any atom is -0.509 e. The Morgan fingerprint density at radius 2 is 1.20 bits per heavy atom. The van der Waals surface area contributed by atoms with E-state index in [4.69, 9.17) is 14.8 Å². The van der Waals surface area contributed by atoms with Crippen molar-refractivity contribution in [2.45, 2.75) is 41.5 Å². The predicted molar refractivity (Wildman–Crippen MR) is 225 cm³/mol. The van der Waals surface area contributed by atoms with Gasteiger partial charge in [-0.2, -0.15) is 17.2 Å². The van der Waals surface area contributed by atoms with Crippen LogP contribution in [-0.4, -0.2) is 19.3 Å². The van der Waals surface area contributed by atoms with Gasteiger partial charge in [-0.3, -0.25) is 4.68 Å². The summed E-state index contributed by atoms with van der Waals surface area (Å²) in [6.45, 7) is 13.3. The summed E-state index contributed by atoms with van der Waals surface area (Å²) < 4.78 is 10.8. The molecule has 0 saturated heterocycles. The van der Waals surface area contributed by atoms with Crippen LogP contribution < -0.4 is 4.74 Å². The largest absolute Gasteiger partial charge is 2.00 e. The van der Waals surface area contributed by atoms with Crippen LogP contribution >= 0.6 is 0 Å². The maximum atomic E-state index is 6.61. The standard InChI is InChI=1S/C50H40N4O.Pt/c1-31-26-27-51-46(28-31)53-44-23-14-13-22-42(44)43-25-24-41(30-45(43)53)55-40-21-15-20-39(29-40)54-50(38-18-11-8-12-19-38)48(49(52-54)37-16-9-7-10-17-37)47-35(5)33(3)32(2)34(4)36(47)6;/h7-28H,1-6H3;/q-2;+2. The molecule has 56 heavy (non-hydrogen) atoms. The molecule has 276 valence electrons. The van der Waals surface area contributed by atoms with Gasteiger partial charge in [-0.15, -0.1) is 35.7 Å². The molecule has 0 fully saturated rings. The average molecular weight is 908 g/mol. The third-order valence-corrected chi connectivity index (χ3v) is 11.1. The first-order valence-corrected chi connectivity index (χ1v) is 18.7. The molecule has 0 unspecified atom stereocenters. The third-order valence-electron chi connectivity index (χ3n) is 11.1. The fourth-order valence-corrected chi connectivity index (χ4v) is 7.92. The molecule has 6 aromatic carbocycles. The van der Waals surface area contributed by atoms with E-state index in [2.05, 4.69) is 155 Å². The summed E-state index contributed by atoms with van der Waals surface area (Å²) in [5.74, 6) is 2.00. The number of benzene rings is 6. The number of para-hydroxylation sites is 1. The van der Waals surface area contributed by atoms with E-state index in [-0.39, 0.29) is 21.1 Å². The van der Waals surface area contributed by atoms with E-state index in [0.717, 1.165) is 67.0 Å². The van der Waals surface area contributed by atoms with Gasteiger partial charge in [0.1, 0.15) is 11.5 Å². The van der Waals surface area contributed by atoms with Crippen molar-refractivity contribution in [2.75, 3.05) is 0 Å². The van der Waals surface area contributed by atoms with Gasteiger partial charge in [0.15, 0.2) is 0 Å². The Labute approximate surface area is 342 Å². The zero-order chi connectivity index (χ0) is 37.8. The first-order chi connectivity index (χ1) is 26.8. The summed E-state index contributed by atoms with van der Waals surface area (Å²) in [6, 6.07) is 50.8. The Bertz CT molecular complexity index is 2880. The van der Waals surface area contributed by atoms with Gasteiger partial charge in [0, 0.05) is 39.9 Å². The maximum absolute atomic E-state index is 6.61. The van der Waals surface area contributed by atoms with Crippen LogP contribution in [0.5, 0.6) is 11.5 Å². The van der Waals surface area contributed by atoms with Crippen LogP contribution in [0, 0.1) is 53.7 Å². The SMILES string of the molecule is Cc1ccnc(-n2c3[c-]c(Oc4[c-]c(-n5nc(-c6ccccc6)c(-c6c(C)c(C)c(C)c(C)c6C)c5-c5ccccc5)ccc4)ccc3c3ccccc32)c1.[Pt+2]. The number of aryl methyl sites for hydroxylation is 1. The molecule has 0 N–H and O–H groups in total. The number of fused-ring (bicyclic) bond motifs is 3. The molecule has 6 heteroatoms. The van der Waals surface area contributed by atoms with Gasteiger partial charge in [0.05, 0.1) is 5.69 Å². The third kappa shape index (κ3) is 6.26. The van der Waals surface area contributed by atoms with Crippen LogP contribution in [0.3, 0.4) is 0 Å². The number of hydrogen-bond donors (Lipinski definition) is 0. The van der Waals surface area contributed by atoms with Crippen LogP contribution in [0.15, 0.2) is 134 Å². The molecule has 9 rings (SSSR count). The molecule has 0 spiro atoms. The molecule has 0 amide bonds. The normalized spacial score (nSPS) is 11.2. The van der Waals surface area contributed by atoms with Crippen molar-refractivity contribution in [1.29, 1.82) is 0 Å². The summed E-state index contributed by atoms with van der Waals surface area (Å²) in [7, 11) is 0. The van der Waals surface area contributed by atoms with Crippen molar-refractivity contribution in [3.8, 4) is 56.6 Å². The molecular weight excluding hydrogens is 868 g/mol. The Morgan fingerprint density at radius 1 is 0.554 bits per heavy atom. The van der Waals surface area contributed by atoms with E-state index in [9.17, 15) is 0 Å². The van der Waals surface area contributed by atoms with E-state index in [1.165, 1.54) is 33.4 Å². The molecule has 5 nitrogen and oxygen atoms in total. The van der Waals surface area contributed by atoms with Crippen LogP contribution in [0.2, 0.25) is 0 Å². The second kappa shape index (κ2) is 14.9. The number of hydrogen-bond acceptors (Lipinski definition) is 3. The summed E-state index contributed by atoms with van der Waals surface area (Å²) in [6.07, 6.45) is 1.85. The zero-order valence-corrected chi connectivity index (χ0v) is 34.5. The molecule has 0 aliphatic heterocycles. The van der Waals surface area contributed by atoms with Crippen LogP contribution in [0.4, 0.5) is 0 Å². The van der Waals surface area contributed by atoms with Crippen molar-refractivity contribution in [3.05, 3.63) is 179 Å². The van der Waals surface area contributed by atoms with E-state index in [0.29, 0.717) is 11.5 Å². The van der Waals surface area contributed by atoms with Gasteiger partial charge in [0.2, 0.25) is 0 Å². The van der Waals surface area contributed by atoms with Crippen molar-refractivity contribution < 1.29 is 25.8 Å². The zero-order valence-electron chi connectivity index (χ0n) is 32.2. The van der Waals surface area contributed by atoms with Crippen LogP contribution in [0.25, 0.3) is 67.0 Å². The number of nitrogens with zero attached hydrogens (tertiary/aromatic N) is 4. The molecule has 0 saturated carbocycles. The topological polar surface area (TPSA) is 44.9 Å². The number of ether oxygens (including phenoxy) is 1. The molecule has 0 bridgehead atoms. The van der Waals surface area contributed by atoms with Gasteiger partial charge in [-0.05, 0) is 110 Å². The van der Waals surface area contributed by atoms with Gasteiger partial charge in [0.25, 0.3) is 0 Å². The molecular formula is C50H40N4OPt. The van der Waals surface area contributed by atoms with E-state index in [1.54, 1.807) is 0 Å². The second-order valence-corrected chi connectivity index (χ2v) is 14.3. The van der Waals surface area contributed by atoms with E-state index in [1.807, 2.05) is 41.2 Å². The minimum atomic E-state index is 0. The summed E-state index contributed by atoms with van der Waals surface area (Å²) >= 11 is 0. The van der Waals surface area contributed by atoms with Crippen molar-refractivity contribution in [1.82, 2.24) is 19.3 Å². The average Bonchev–Trinajstić information content (AvgIpc) is 3.77. The smallest absolute Gasteiger partial charge is 0.509 e. The first-order valence-electron chi connectivity index (χ1n) is 18.7. The molecule has 0 aliphatic rings. The Morgan fingerprint density at radius 3 is 1.91 bits per heavy atom. The molecule has 3 heterocycles. The second-order valence-electron chi connectivity index (χ2n) is 14.3. The van der Waals surface area contributed by atoms with Gasteiger partial charge >= 0.3 is 21.1 Å². The van der Waals surface area contributed by atoms with Gasteiger partial charge in [-0.1, -0.05) is 84.4 Å². The first kappa shape index (κ1) is 36.9. The molecule has 0 aliphatic carbocycles. The molecule has 9 aromatic rings. The van der Waals surface area contributed by atoms with Crippen LogP contribution in [0.1, 0.15) is 33.4 Å². The molecule has 0 radical (unpaired) electrons. The molecule has 0 atom stereocenters. The summed E-state index contributed by atoms with van der Waals surface area (Å²) in [4.78, 5) is 4.74. The Hall–Kier alpha value is -6.03. The fourth-order valence-electron chi connectivity index (χ4n) is 7.92. The van der Waals surface area contributed by atoms with Gasteiger partial charge < -0.3 is 9.30 Å². The summed E-state index contributed by atoms with van der Waals surface area (Å²) in [5, 5.41) is 7.67. The van der Waals surface area contributed by atoms with Crippen molar-refractivity contribution in [2.24, 2.45) is 0 Å². The quantitative estimate of drug-likeness (QED) is 0.150. The van der Waals surface area contributed by atoms with Crippen LogP contribution in [-0.2, 0) is 21.1 Å². The van der Waals surface area contributed by atoms with Crippen molar-refractivity contribution in [3.63, 3.8) is 0 Å². The molecule has 3 aromatic heterocycles. The number of aromatic nitrogens is 4. The van der Waals surface area contributed by atoms with E-state index >= 15 is 0 Å². The predicted octanol–water partition coefficient (Wildman–Crippen LogP) is 12.6.